The number of esters is 1. The van der Waals surface area contributed by atoms with Crippen LogP contribution < -0.4 is 5.32 Å². The summed E-state index contributed by atoms with van der Waals surface area (Å²) in [7, 11) is 0. The Morgan fingerprint density at radius 2 is 2.17 bits per heavy atom. The first-order valence-corrected chi connectivity index (χ1v) is 8.47. The van der Waals surface area contributed by atoms with Crippen LogP contribution >= 0.6 is 34.5 Å². The number of carbonyl (C=O) groups is 2. The number of halogens is 2. The second kappa shape index (κ2) is 7.21. The molecule has 0 aliphatic heterocycles. The highest BCUT2D eigenvalue weighted by atomic mass is 35.5. The lowest BCUT2D eigenvalue weighted by atomic mass is 10.3. The van der Waals surface area contributed by atoms with E-state index in [2.05, 4.69) is 10.3 Å². The van der Waals surface area contributed by atoms with Crippen LogP contribution in [0.5, 0.6) is 0 Å². The van der Waals surface area contributed by atoms with Crippen molar-refractivity contribution in [2.45, 2.75) is 6.42 Å². The molecule has 6 nitrogen and oxygen atoms in total. The van der Waals surface area contributed by atoms with Crippen LogP contribution in [0.4, 0.5) is 5.69 Å². The number of fused-ring (bicyclic) bond motifs is 1. The number of hydrogen-bond donors (Lipinski definition) is 1. The summed E-state index contributed by atoms with van der Waals surface area (Å²) in [6.45, 7) is -0.413. The first-order valence-electron chi connectivity index (χ1n) is 6.83. The molecule has 3 aromatic rings. The van der Waals surface area contributed by atoms with Gasteiger partial charge >= 0.3 is 5.97 Å². The van der Waals surface area contributed by atoms with Gasteiger partial charge in [-0.1, -0.05) is 29.3 Å². The maximum atomic E-state index is 11.8. The number of nitrogens with one attached hydrogen (secondary N) is 1. The lowest BCUT2D eigenvalue weighted by molar-refractivity contribution is -0.146. The van der Waals surface area contributed by atoms with Crippen LogP contribution in [0.25, 0.3) is 4.96 Å². The average molecular weight is 384 g/mol. The van der Waals surface area contributed by atoms with Crippen LogP contribution in [0.1, 0.15) is 5.69 Å². The molecule has 0 atom stereocenters. The molecule has 0 bridgehead atoms. The van der Waals surface area contributed by atoms with Gasteiger partial charge in [-0.15, -0.1) is 11.3 Å². The number of nitrogens with zero attached hydrogens (tertiary/aromatic N) is 2. The van der Waals surface area contributed by atoms with Gasteiger partial charge in [-0.3, -0.25) is 14.0 Å². The molecule has 9 heteroatoms. The summed E-state index contributed by atoms with van der Waals surface area (Å²) in [4.78, 5) is 28.7. The van der Waals surface area contributed by atoms with Crippen molar-refractivity contribution in [1.29, 1.82) is 0 Å². The molecular weight excluding hydrogens is 373 g/mol. The van der Waals surface area contributed by atoms with E-state index in [0.29, 0.717) is 16.4 Å². The average Bonchev–Trinajstić information content (AvgIpc) is 3.11. The molecule has 1 aromatic carbocycles. The maximum absolute atomic E-state index is 11.8. The normalized spacial score (nSPS) is 10.8. The topological polar surface area (TPSA) is 72.7 Å². The summed E-state index contributed by atoms with van der Waals surface area (Å²) in [6.07, 6.45) is 3.60. The fraction of sp³-hybridized carbons (Fsp3) is 0.133. The second-order valence-electron chi connectivity index (χ2n) is 4.81. The standard InChI is InChI=1S/C15H11Cl2N3O3S/c16-10-2-1-3-11(14(10)17)19-12(21)8-23-13(22)6-9-7-20-4-5-24-15(20)18-9/h1-5,7H,6,8H2,(H,19,21). The number of carbonyl (C=O) groups excluding carboxylic acids is 2. The van der Waals surface area contributed by atoms with Gasteiger partial charge in [0.2, 0.25) is 0 Å². The van der Waals surface area contributed by atoms with Crippen molar-refractivity contribution in [1.82, 2.24) is 9.38 Å². The first-order chi connectivity index (χ1) is 11.5. The number of benzene rings is 1. The van der Waals surface area contributed by atoms with E-state index in [-0.39, 0.29) is 11.4 Å². The summed E-state index contributed by atoms with van der Waals surface area (Å²) >= 11 is 13.3. The molecule has 0 radical (unpaired) electrons. The highest BCUT2D eigenvalue weighted by molar-refractivity contribution is 7.15. The number of amides is 1. The molecule has 24 heavy (non-hydrogen) atoms. The summed E-state index contributed by atoms with van der Waals surface area (Å²) in [5, 5.41) is 4.99. The number of aromatic nitrogens is 2. The van der Waals surface area contributed by atoms with Crippen molar-refractivity contribution in [3.05, 3.63) is 51.7 Å². The highest BCUT2D eigenvalue weighted by Crippen LogP contribution is 2.29. The van der Waals surface area contributed by atoms with Crippen molar-refractivity contribution in [3.8, 4) is 0 Å². The molecular formula is C15H11Cl2N3O3S. The Morgan fingerprint density at radius 3 is 2.96 bits per heavy atom. The van der Waals surface area contributed by atoms with Crippen LogP contribution in [-0.4, -0.2) is 27.9 Å². The minimum Gasteiger partial charge on any atom is -0.455 e. The van der Waals surface area contributed by atoms with Gasteiger partial charge in [0, 0.05) is 17.8 Å². The molecule has 0 spiro atoms. The fourth-order valence-electron chi connectivity index (χ4n) is 1.99. The summed E-state index contributed by atoms with van der Waals surface area (Å²) in [5.74, 6) is -1.04. The van der Waals surface area contributed by atoms with Crippen molar-refractivity contribution in [2.75, 3.05) is 11.9 Å². The third kappa shape index (κ3) is 3.87. The van der Waals surface area contributed by atoms with Crippen LogP contribution in [0, 0.1) is 0 Å². The van der Waals surface area contributed by atoms with Crippen molar-refractivity contribution in [2.24, 2.45) is 0 Å². The van der Waals surface area contributed by atoms with Crippen LogP contribution in [0.3, 0.4) is 0 Å². The Bertz CT molecular complexity index is 878. The maximum Gasteiger partial charge on any atom is 0.312 e. The molecule has 2 heterocycles. The molecule has 0 aliphatic rings. The Labute approximate surface area is 151 Å². The molecule has 124 valence electrons. The molecule has 1 N–H and O–H groups in total. The zero-order valence-electron chi connectivity index (χ0n) is 12.2. The van der Waals surface area contributed by atoms with Gasteiger partial charge in [-0.25, -0.2) is 4.98 Å². The summed E-state index contributed by atoms with van der Waals surface area (Å²) in [5.41, 5.74) is 0.949. The molecule has 0 unspecified atom stereocenters. The number of imidazole rings is 1. The van der Waals surface area contributed by atoms with Crippen LogP contribution in [0.2, 0.25) is 10.0 Å². The van der Waals surface area contributed by atoms with Gasteiger partial charge in [0.1, 0.15) is 0 Å². The first kappa shape index (κ1) is 16.8. The lowest BCUT2D eigenvalue weighted by Gasteiger charge is -2.08. The zero-order valence-corrected chi connectivity index (χ0v) is 14.5. The van der Waals surface area contributed by atoms with Crippen molar-refractivity contribution >= 4 is 57.1 Å². The van der Waals surface area contributed by atoms with E-state index < -0.39 is 18.5 Å². The molecule has 3 rings (SSSR count). The van der Waals surface area contributed by atoms with Gasteiger partial charge in [0.25, 0.3) is 5.91 Å². The molecule has 0 aliphatic carbocycles. The lowest BCUT2D eigenvalue weighted by Crippen LogP contribution is -2.21. The van der Waals surface area contributed by atoms with Gasteiger partial charge in [-0.2, -0.15) is 0 Å². The smallest absolute Gasteiger partial charge is 0.312 e. The monoisotopic (exact) mass is 383 g/mol. The predicted molar refractivity (Wildman–Crippen MR) is 92.8 cm³/mol. The Kier molecular flexibility index (Phi) is 5.03. The van der Waals surface area contributed by atoms with Gasteiger partial charge < -0.3 is 10.1 Å². The summed E-state index contributed by atoms with van der Waals surface area (Å²) < 4.78 is 6.77. The van der Waals surface area contributed by atoms with Crippen molar-refractivity contribution < 1.29 is 14.3 Å². The van der Waals surface area contributed by atoms with E-state index in [0.717, 1.165) is 4.96 Å². The molecule has 0 saturated carbocycles. The molecule has 2 aromatic heterocycles. The van der Waals surface area contributed by atoms with E-state index in [1.165, 1.54) is 11.3 Å². The van der Waals surface area contributed by atoms with E-state index in [1.807, 2.05) is 16.0 Å². The SMILES string of the molecule is O=C(COC(=O)Cc1cn2ccsc2n1)Nc1cccc(Cl)c1Cl. The Hall–Kier alpha value is -2.09. The molecule has 0 fully saturated rings. The highest BCUT2D eigenvalue weighted by Gasteiger charge is 2.13. The predicted octanol–water partition coefficient (Wildman–Crippen LogP) is 3.43. The fourth-order valence-corrected chi connectivity index (χ4v) is 3.06. The van der Waals surface area contributed by atoms with E-state index in [9.17, 15) is 9.59 Å². The summed E-state index contributed by atoms with van der Waals surface area (Å²) in [6, 6.07) is 4.86. The van der Waals surface area contributed by atoms with E-state index >= 15 is 0 Å². The number of hydrogen-bond acceptors (Lipinski definition) is 5. The second-order valence-corrected chi connectivity index (χ2v) is 6.47. The third-order valence-corrected chi connectivity index (χ3v) is 4.65. The number of thiazole rings is 1. The van der Waals surface area contributed by atoms with Crippen LogP contribution in [-0.2, 0) is 20.7 Å². The zero-order chi connectivity index (χ0) is 17.1. The minimum atomic E-state index is -0.534. The van der Waals surface area contributed by atoms with Gasteiger partial charge in [0.05, 0.1) is 27.8 Å². The Morgan fingerprint density at radius 1 is 1.33 bits per heavy atom. The Balaban J connectivity index is 1.51. The van der Waals surface area contributed by atoms with Crippen LogP contribution in [0.15, 0.2) is 36.0 Å². The van der Waals surface area contributed by atoms with Crippen molar-refractivity contribution in [3.63, 3.8) is 0 Å². The van der Waals surface area contributed by atoms with Gasteiger partial charge in [0.15, 0.2) is 11.6 Å². The van der Waals surface area contributed by atoms with E-state index in [4.69, 9.17) is 27.9 Å². The van der Waals surface area contributed by atoms with Gasteiger partial charge in [-0.05, 0) is 12.1 Å². The third-order valence-electron chi connectivity index (χ3n) is 3.06. The van der Waals surface area contributed by atoms with E-state index in [1.54, 1.807) is 24.4 Å². The number of ether oxygens (including phenoxy) is 1. The largest absolute Gasteiger partial charge is 0.455 e. The minimum absolute atomic E-state index is 0.000396. The molecule has 1 amide bonds. The quantitative estimate of drug-likeness (QED) is 0.685. The number of rotatable bonds is 5. The number of anilines is 1. The molecule has 0 saturated heterocycles.